The SMILES string of the molecule is CN=C(NCCNC(=O)c1ccc(OC)cc1)NC1CCN(c2ccc(C)cc2)C1. The van der Waals surface area contributed by atoms with Crippen molar-refractivity contribution in [1.29, 1.82) is 0 Å². The third kappa shape index (κ3) is 5.89. The number of ether oxygens (including phenoxy) is 1. The second kappa shape index (κ2) is 10.5. The number of nitrogens with one attached hydrogen (secondary N) is 3. The Labute approximate surface area is 178 Å². The van der Waals surface area contributed by atoms with E-state index in [-0.39, 0.29) is 5.91 Å². The minimum absolute atomic E-state index is 0.105. The van der Waals surface area contributed by atoms with Gasteiger partial charge in [0.05, 0.1) is 7.11 Å². The molecule has 30 heavy (non-hydrogen) atoms. The van der Waals surface area contributed by atoms with Crippen molar-refractivity contribution in [3.05, 3.63) is 59.7 Å². The van der Waals surface area contributed by atoms with E-state index in [1.807, 2.05) is 0 Å². The number of nitrogens with zero attached hydrogens (tertiary/aromatic N) is 2. The molecule has 0 spiro atoms. The molecule has 1 saturated heterocycles. The summed E-state index contributed by atoms with van der Waals surface area (Å²) in [6, 6.07) is 16.1. The van der Waals surface area contributed by atoms with E-state index in [1.165, 1.54) is 11.3 Å². The predicted molar refractivity (Wildman–Crippen MR) is 122 cm³/mol. The van der Waals surface area contributed by atoms with Crippen LogP contribution >= 0.6 is 0 Å². The molecule has 0 radical (unpaired) electrons. The van der Waals surface area contributed by atoms with Gasteiger partial charge in [-0.2, -0.15) is 0 Å². The van der Waals surface area contributed by atoms with Gasteiger partial charge in [-0.25, -0.2) is 0 Å². The number of anilines is 1. The second-order valence-corrected chi connectivity index (χ2v) is 7.39. The Hall–Kier alpha value is -3.22. The number of carbonyl (C=O) groups excluding carboxylic acids is 1. The molecule has 3 N–H and O–H groups in total. The summed E-state index contributed by atoms with van der Waals surface area (Å²) >= 11 is 0. The van der Waals surface area contributed by atoms with Gasteiger partial charge >= 0.3 is 0 Å². The molecule has 1 amide bonds. The average Bonchev–Trinajstić information content (AvgIpc) is 3.24. The minimum atomic E-state index is -0.105. The van der Waals surface area contributed by atoms with Gasteiger partial charge < -0.3 is 25.6 Å². The molecule has 3 rings (SSSR count). The van der Waals surface area contributed by atoms with E-state index in [9.17, 15) is 4.79 Å². The van der Waals surface area contributed by atoms with Gasteiger partial charge in [0.1, 0.15) is 5.75 Å². The molecule has 7 nitrogen and oxygen atoms in total. The number of aryl methyl sites for hydroxylation is 1. The Morgan fingerprint density at radius 1 is 1.10 bits per heavy atom. The van der Waals surface area contributed by atoms with Crippen molar-refractivity contribution >= 4 is 17.6 Å². The Kier molecular flexibility index (Phi) is 7.54. The molecule has 0 bridgehead atoms. The van der Waals surface area contributed by atoms with Crippen molar-refractivity contribution in [2.24, 2.45) is 4.99 Å². The summed E-state index contributed by atoms with van der Waals surface area (Å²) in [5.41, 5.74) is 3.14. The van der Waals surface area contributed by atoms with Crippen LogP contribution in [0.2, 0.25) is 0 Å². The van der Waals surface area contributed by atoms with E-state index in [2.05, 4.69) is 57.0 Å². The van der Waals surface area contributed by atoms with Crippen LogP contribution in [0, 0.1) is 6.92 Å². The first-order chi connectivity index (χ1) is 14.6. The average molecular weight is 410 g/mol. The quantitative estimate of drug-likeness (QED) is 0.371. The van der Waals surface area contributed by atoms with Gasteiger partial charge in [-0.15, -0.1) is 0 Å². The van der Waals surface area contributed by atoms with Crippen LogP contribution in [0.15, 0.2) is 53.5 Å². The van der Waals surface area contributed by atoms with Crippen LogP contribution in [0.5, 0.6) is 5.75 Å². The number of hydrogen-bond acceptors (Lipinski definition) is 4. The van der Waals surface area contributed by atoms with Crippen LogP contribution < -0.4 is 25.6 Å². The minimum Gasteiger partial charge on any atom is -0.497 e. The maximum Gasteiger partial charge on any atom is 0.251 e. The maximum atomic E-state index is 12.2. The lowest BCUT2D eigenvalue weighted by molar-refractivity contribution is 0.0954. The molecule has 1 unspecified atom stereocenters. The highest BCUT2D eigenvalue weighted by atomic mass is 16.5. The number of benzene rings is 2. The third-order valence-corrected chi connectivity index (χ3v) is 5.21. The lowest BCUT2D eigenvalue weighted by Gasteiger charge is -2.20. The van der Waals surface area contributed by atoms with Gasteiger partial charge in [-0.3, -0.25) is 9.79 Å². The molecular formula is C23H31N5O2. The van der Waals surface area contributed by atoms with Crippen LogP contribution in [0.4, 0.5) is 5.69 Å². The largest absolute Gasteiger partial charge is 0.497 e. The van der Waals surface area contributed by atoms with Crippen LogP contribution in [0.3, 0.4) is 0 Å². The highest BCUT2D eigenvalue weighted by Gasteiger charge is 2.23. The lowest BCUT2D eigenvalue weighted by atomic mass is 10.2. The summed E-state index contributed by atoms with van der Waals surface area (Å²) in [5, 5.41) is 9.66. The summed E-state index contributed by atoms with van der Waals surface area (Å²) < 4.78 is 5.11. The fraction of sp³-hybridized carbons (Fsp3) is 0.391. The molecule has 160 valence electrons. The van der Waals surface area contributed by atoms with Crippen LogP contribution in [-0.4, -0.2) is 58.2 Å². The molecule has 1 aliphatic heterocycles. The van der Waals surface area contributed by atoms with Crippen molar-refractivity contribution in [1.82, 2.24) is 16.0 Å². The number of methoxy groups -OCH3 is 1. The topological polar surface area (TPSA) is 78.0 Å². The molecule has 0 aromatic heterocycles. The highest BCUT2D eigenvalue weighted by molar-refractivity contribution is 5.94. The number of aliphatic imine (C=N–C) groups is 1. The molecule has 2 aromatic rings. The Morgan fingerprint density at radius 3 is 2.47 bits per heavy atom. The summed E-state index contributed by atoms with van der Waals surface area (Å²) in [6.45, 7) is 5.17. The van der Waals surface area contributed by atoms with Crippen molar-refractivity contribution in [3.63, 3.8) is 0 Å². The van der Waals surface area contributed by atoms with Gasteiger partial charge in [0, 0.05) is 50.5 Å². The standard InChI is InChI=1S/C23H31N5O2/c1-17-4-8-20(9-5-17)28-15-12-19(16-28)27-23(24-2)26-14-13-25-22(29)18-6-10-21(30-3)11-7-18/h4-11,19H,12-16H2,1-3H3,(H,25,29)(H2,24,26,27). The zero-order chi connectivity index (χ0) is 21.3. The maximum absolute atomic E-state index is 12.2. The molecule has 1 atom stereocenters. The number of rotatable bonds is 7. The number of carbonyl (C=O) groups is 1. The van der Waals surface area contributed by atoms with Gasteiger partial charge in [0.2, 0.25) is 0 Å². The molecule has 7 heteroatoms. The van der Waals surface area contributed by atoms with Crippen molar-refractivity contribution in [2.75, 3.05) is 45.2 Å². The Balaban J connectivity index is 1.38. The molecule has 0 saturated carbocycles. The first kappa shape index (κ1) is 21.5. The third-order valence-electron chi connectivity index (χ3n) is 5.21. The van der Waals surface area contributed by atoms with Gasteiger partial charge in [-0.05, 0) is 49.7 Å². The number of hydrogen-bond donors (Lipinski definition) is 3. The zero-order valence-corrected chi connectivity index (χ0v) is 17.9. The molecule has 0 aliphatic carbocycles. The van der Waals surface area contributed by atoms with E-state index in [4.69, 9.17) is 4.74 Å². The number of guanidine groups is 1. The van der Waals surface area contributed by atoms with E-state index >= 15 is 0 Å². The molecule has 1 aliphatic rings. The van der Waals surface area contributed by atoms with Gasteiger partial charge in [0.25, 0.3) is 5.91 Å². The lowest BCUT2D eigenvalue weighted by Crippen LogP contribution is -2.46. The predicted octanol–water partition coefficient (Wildman–Crippen LogP) is 2.18. The molecule has 1 fully saturated rings. The summed E-state index contributed by atoms with van der Waals surface area (Å²) in [5.74, 6) is 1.38. The molecule has 1 heterocycles. The second-order valence-electron chi connectivity index (χ2n) is 7.39. The van der Waals surface area contributed by atoms with Crippen LogP contribution in [0.1, 0.15) is 22.3 Å². The fourth-order valence-electron chi connectivity index (χ4n) is 3.46. The van der Waals surface area contributed by atoms with E-state index in [0.717, 1.165) is 31.2 Å². The first-order valence-corrected chi connectivity index (χ1v) is 10.3. The summed E-state index contributed by atoms with van der Waals surface area (Å²) in [4.78, 5) is 18.9. The normalized spacial score (nSPS) is 16.3. The first-order valence-electron chi connectivity index (χ1n) is 10.3. The van der Waals surface area contributed by atoms with Crippen LogP contribution in [-0.2, 0) is 0 Å². The summed E-state index contributed by atoms with van der Waals surface area (Å²) in [6.07, 6.45) is 1.06. The monoisotopic (exact) mass is 409 g/mol. The van der Waals surface area contributed by atoms with E-state index < -0.39 is 0 Å². The Morgan fingerprint density at radius 2 is 1.80 bits per heavy atom. The number of amides is 1. The van der Waals surface area contributed by atoms with Crippen molar-refractivity contribution in [2.45, 2.75) is 19.4 Å². The molecular weight excluding hydrogens is 378 g/mol. The summed E-state index contributed by atoms with van der Waals surface area (Å²) in [7, 11) is 3.37. The van der Waals surface area contributed by atoms with Gasteiger partial charge in [0.15, 0.2) is 5.96 Å². The fourth-order valence-corrected chi connectivity index (χ4v) is 3.46. The zero-order valence-electron chi connectivity index (χ0n) is 17.9. The van der Waals surface area contributed by atoms with Crippen molar-refractivity contribution < 1.29 is 9.53 Å². The van der Waals surface area contributed by atoms with Crippen LogP contribution in [0.25, 0.3) is 0 Å². The molecule has 2 aromatic carbocycles. The van der Waals surface area contributed by atoms with E-state index in [0.29, 0.717) is 24.7 Å². The van der Waals surface area contributed by atoms with Gasteiger partial charge in [-0.1, -0.05) is 17.7 Å². The Bertz CT molecular complexity index is 849. The van der Waals surface area contributed by atoms with Crippen molar-refractivity contribution in [3.8, 4) is 5.75 Å². The highest BCUT2D eigenvalue weighted by Crippen LogP contribution is 2.20. The smallest absolute Gasteiger partial charge is 0.251 e. The van der Waals surface area contributed by atoms with E-state index in [1.54, 1.807) is 38.4 Å².